The number of Topliss-reactive ketones (excluding diaryl/α,β-unsaturated/α-hetero) is 1. The van der Waals surface area contributed by atoms with Crippen LogP contribution < -0.4 is 5.73 Å². The highest BCUT2D eigenvalue weighted by Gasteiger charge is 2.27. The number of allylic oxidation sites excluding steroid dienone is 1. The molecule has 2 aromatic rings. The van der Waals surface area contributed by atoms with Crippen molar-refractivity contribution >= 4 is 28.0 Å². The van der Waals surface area contributed by atoms with E-state index in [-0.39, 0.29) is 11.5 Å². The lowest BCUT2D eigenvalue weighted by Gasteiger charge is -2.14. The van der Waals surface area contributed by atoms with Gasteiger partial charge >= 0.3 is 0 Å². The number of hydrogen-bond donors (Lipinski definition) is 2. The number of thiazole rings is 1. The fraction of sp³-hybridized carbons (Fsp3) is 0.214. The molecule has 0 amide bonds. The summed E-state index contributed by atoms with van der Waals surface area (Å²) in [5, 5.41) is 10.7. The smallest absolute Gasteiger partial charge is 0.194 e. The number of pyridine rings is 1. The third kappa shape index (κ3) is 2.08. The van der Waals surface area contributed by atoms with Crippen LogP contribution in [-0.2, 0) is 6.42 Å². The molecule has 3 N–H and O–H groups in total. The van der Waals surface area contributed by atoms with Gasteiger partial charge in [-0.1, -0.05) is 11.3 Å². The zero-order valence-corrected chi connectivity index (χ0v) is 11.7. The Hall–Kier alpha value is -2.21. The second-order valence-electron chi connectivity index (χ2n) is 4.67. The highest BCUT2D eigenvalue weighted by Crippen LogP contribution is 2.35. The Kier molecular flexibility index (Phi) is 3.02. The molecule has 0 unspecified atom stereocenters. The maximum absolute atomic E-state index is 12.4. The molecule has 6 heteroatoms. The van der Waals surface area contributed by atoms with E-state index in [0.29, 0.717) is 34.0 Å². The zero-order chi connectivity index (χ0) is 14.3. The van der Waals surface area contributed by atoms with Crippen molar-refractivity contribution in [2.75, 3.05) is 5.73 Å². The van der Waals surface area contributed by atoms with Gasteiger partial charge < -0.3 is 10.8 Å². The molecule has 0 saturated heterocycles. The number of carbonyl (C=O) groups excluding carboxylic acids is 1. The number of nitrogens with zero attached hydrogens (tertiary/aromatic N) is 2. The van der Waals surface area contributed by atoms with Crippen molar-refractivity contribution in [2.45, 2.75) is 19.8 Å². The molecule has 3 rings (SSSR count). The SMILES string of the molecule is Cc1ccc(C(=O)C2=C(O)c3sc(N)nc3CC2)cn1. The van der Waals surface area contributed by atoms with Crippen molar-refractivity contribution in [3.8, 4) is 0 Å². The molecular weight excluding hydrogens is 274 g/mol. The molecule has 2 heterocycles. The van der Waals surface area contributed by atoms with Crippen LogP contribution in [0.2, 0.25) is 0 Å². The Morgan fingerprint density at radius 2 is 2.20 bits per heavy atom. The number of nitrogen functional groups attached to an aromatic ring is 1. The molecule has 0 spiro atoms. The summed E-state index contributed by atoms with van der Waals surface area (Å²) in [5.41, 5.74) is 8.16. The van der Waals surface area contributed by atoms with E-state index in [0.717, 1.165) is 11.4 Å². The van der Waals surface area contributed by atoms with Crippen LogP contribution in [0.3, 0.4) is 0 Å². The van der Waals surface area contributed by atoms with E-state index in [1.54, 1.807) is 12.1 Å². The molecule has 20 heavy (non-hydrogen) atoms. The van der Waals surface area contributed by atoms with Crippen molar-refractivity contribution in [1.82, 2.24) is 9.97 Å². The van der Waals surface area contributed by atoms with Crippen molar-refractivity contribution < 1.29 is 9.90 Å². The van der Waals surface area contributed by atoms with Crippen LogP contribution >= 0.6 is 11.3 Å². The van der Waals surface area contributed by atoms with Crippen molar-refractivity contribution in [3.63, 3.8) is 0 Å². The van der Waals surface area contributed by atoms with Crippen molar-refractivity contribution in [2.24, 2.45) is 0 Å². The van der Waals surface area contributed by atoms with Crippen molar-refractivity contribution in [1.29, 1.82) is 0 Å². The number of ketones is 1. The first-order valence-corrected chi connectivity index (χ1v) is 7.03. The lowest BCUT2D eigenvalue weighted by molar-refractivity contribution is 0.102. The summed E-state index contributed by atoms with van der Waals surface area (Å²) in [7, 11) is 0. The van der Waals surface area contributed by atoms with E-state index in [4.69, 9.17) is 5.73 Å². The Morgan fingerprint density at radius 1 is 1.40 bits per heavy atom. The van der Waals surface area contributed by atoms with Crippen LogP contribution in [0.4, 0.5) is 5.13 Å². The van der Waals surface area contributed by atoms with Crippen LogP contribution in [-0.4, -0.2) is 20.9 Å². The average Bonchev–Trinajstić information content (AvgIpc) is 2.81. The molecular formula is C14H13N3O2S. The number of hydrogen-bond acceptors (Lipinski definition) is 6. The van der Waals surface area contributed by atoms with Crippen LogP contribution in [0.1, 0.15) is 33.0 Å². The van der Waals surface area contributed by atoms with E-state index in [1.807, 2.05) is 6.92 Å². The van der Waals surface area contributed by atoms with Gasteiger partial charge in [0.1, 0.15) is 5.76 Å². The van der Waals surface area contributed by atoms with Gasteiger partial charge in [-0.15, -0.1) is 0 Å². The second kappa shape index (κ2) is 4.72. The topological polar surface area (TPSA) is 89.1 Å². The Morgan fingerprint density at radius 3 is 2.90 bits per heavy atom. The normalized spacial score (nSPS) is 14.2. The first-order chi connectivity index (χ1) is 9.56. The molecule has 0 saturated carbocycles. The molecule has 1 aliphatic carbocycles. The van der Waals surface area contributed by atoms with Gasteiger partial charge in [-0.2, -0.15) is 0 Å². The molecule has 2 aromatic heterocycles. The maximum atomic E-state index is 12.4. The third-order valence-electron chi connectivity index (χ3n) is 3.27. The number of aryl methyl sites for hydroxylation is 2. The third-order valence-corrected chi connectivity index (χ3v) is 4.21. The second-order valence-corrected chi connectivity index (χ2v) is 5.70. The molecule has 102 valence electrons. The van der Waals surface area contributed by atoms with Gasteiger partial charge in [-0.3, -0.25) is 9.78 Å². The summed E-state index contributed by atoms with van der Waals surface area (Å²) in [6.07, 6.45) is 2.62. The summed E-state index contributed by atoms with van der Waals surface area (Å²) >= 11 is 1.21. The maximum Gasteiger partial charge on any atom is 0.194 e. The standard InChI is InChI=1S/C14H13N3O2S/c1-7-2-3-8(6-16-7)11(18)9-4-5-10-13(12(9)19)20-14(15)17-10/h2-3,6,19H,4-5H2,1H3,(H2,15,17). The number of nitrogens with two attached hydrogens (primary N) is 1. The van der Waals surface area contributed by atoms with Gasteiger partial charge in [0.25, 0.3) is 0 Å². The summed E-state index contributed by atoms with van der Waals surface area (Å²) in [6, 6.07) is 3.51. The summed E-state index contributed by atoms with van der Waals surface area (Å²) < 4.78 is 0. The quantitative estimate of drug-likeness (QED) is 0.828. The van der Waals surface area contributed by atoms with E-state index in [1.165, 1.54) is 17.5 Å². The number of rotatable bonds is 2. The molecule has 0 aromatic carbocycles. The number of aromatic nitrogens is 2. The Balaban J connectivity index is 2.02. The molecule has 0 aliphatic heterocycles. The van der Waals surface area contributed by atoms with Gasteiger partial charge in [-0.05, 0) is 31.9 Å². The van der Waals surface area contributed by atoms with E-state index in [2.05, 4.69) is 9.97 Å². The fourth-order valence-corrected chi connectivity index (χ4v) is 3.07. The van der Waals surface area contributed by atoms with Crippen LogP contribution in [0.15, 0.2) is 23.9 Å². The van der Waals surface area contributed by atoms with Gasteiger partial charge in [0.15, 0.2) is 10.9 Å². The largest absolute Gasteiger partial charge is 0.506 e. The van der Waals surface area contributed by atoms with Gasteiger partial charge in [-0.25, -0.2) is 4.98 Å². The fourth-order valence-electron chi connectivity index (χ4n) is 2.22. The molecule has 0 atom stereocenters. The lowest BCUT2D eigenvalue weighted by Crippen LogP contribution is -2.12. The average molecular weight is 287 g/mol. The lowest BCUT2D eigenvalue weighted by atomic mass is 9.93. The summed E-state index contributed by atoms with van der Waals surface area (Å²) in [6.45, 7) is 1.86. The zero-order valence-electron chi connectivity index (χ0n) is 10.9. The monoisotopic (exact) mass is 287 g/mol. The Labute approximate surface area is 119 Å². The molecule has 0 bridgehead atoms. The van der Waals surface area contributed by atoms with E-state index in [9.17, 15) is 9.90 Å². The van der Waals surface area contributed by atoms with Crippen molar-refractivity contribution in [3.05, 3.63) is 45.7 Å². The molecule has 0 fully saturated rings. The van der Waals surface area contributed by atoms with Crippen LogP contribution in [0.5, 0.6) is 0 Å². The number of carbonyl (C=O) groups is 1. The number of aliphatic hydroxyl groups is 1. The van der Waals surface area contributed by atoms with Gasteiger partial charge in [0.2, 0.25) is 0 Å². The van der Waals surface area contributed by atoms with E-state index >= 15 is 0 Å². The molecule has 0 radical (unpaired) electrons. The highest BCUT2D eigenvalue weighted by molar-refractivity contribution is 7.16. The first kappa shape index (κ1) is 12.8. The van der Waals surface area contributed by atoms with Gasteiger partial charge in [0.05, 0.1) is 10.6 Å². The van der Waals surface area contributed by atoms with E-state index < -0.39 is 0 Å². The predicted molar refractivity (Wildman–Crippen MR) is 77.7 cm³/mol. The molecule has 1 aliphatic rings. The number of anilines is 1. The predicted octanol–water partition coefficient (Wildman–Crippen LogP) is 2.53. The highest BCUT2D eigenvalue weighted by atomic mass is 32.1. The Bertz CT molecular complexity index is 717. The summed E-state index contributed by atoms with van der Waals surface area (Å²) in [5.74, 6) is -0.182. The van der Waals surface area contributed by atoms with Crippen LogP contribution in [0.25, 0.3) is 5.76 Å². The minimum absolute atomic E-state index is 0.00558. The van der Waals surface area contributed by atoms with Crippen LogP contribution in [0, 0.1) is 6.92 Å². The number of fused-ring (bicyclic) bond motifs is 1. The van der Waals surface area contributed by atoms with Gasteiger partial charge in [0, 0.05) is 23.0 Å². The minimum Gasteiger partial charge on any atom is -0.506 e. The summed E-state index contributed by atoms with van der Waals surface area (Å²) in [4.78, 5) is 21.3. The first-order valence-electron chi connectivity index (χ1n) is 6.21. The minimum atomic E-state index is -0.187. The molecule has 5 nitrogen and oxygen atoms in total. The number of aliphatic hydroxyl groups excluding tert-OH is 1.